The number of nitrogens with zero attached hydrogens (tertiary/aromatic N) is 1. The lowest BCUT2D eigenvalue weighted by Gasteiger charge is -2.29. The summed E-state index contributed by atoms with van der Waals surface area (Å²) < 4.78 is 0. The van der Waals surface area contributed by atoms with E-state index in [9.17, 15) is 0 Å². The third-order valence-corrected chi connectivity index (χ3v) is 3.55. The maximum absolute atomic E-state index is 5.88. The number of hydrogen-bond acceptors (Lipinski definition) is 2. The first-order valence-electron chi connectivity index (χ1n) is 5.72. The van der Waals surface area contributed by atoms with E-state index in [1.807, 2.05) is 12.1 Å². The lowest BCUT2D eigenvalue weighted by Crippen LogP contribution is -2.36. The highest BCUT2D eigenvalue weighted by molar-refractivity contribution is 6.30. The third kappa shape index (κ3) is 3.48. The van der Waals surface area contributed by atoms with Crippen molar-refractivity contribution in [2.24, 2.45) is 5.73 Å². The second kappa shape index (κ2) is 6.24. The monoisotopic (exact) mass is 240 g/mol. The molecule has 0 amide bonds. The van der Waals surface area contributed by atoms with Crippen LogP contribution in [0.2, 0.25) is 5.02 Å². The van der Waals surface area contributed by atoms with Crippen LogP contribution in [0.15, 0.2) is 24.3 Å². The molecule has 0 saturated carbocycles. The van der Waals surface area contributed by atoms with Crippen LogP contribution in [0.25, 0.3) is 0 Å². The predicted molar refractivity (Wildman–Crippen MR) is 71.0 cm³/mol. The summed E-state index contributed by atoms with van der Waals surface area (Å²) in [5, 5.41) is 0.791. The summed E-state index contributed by atoms with van der Waals surface area (Å²) in [6.45, 7) is 6.10. The van der Waals surface area contributed by atoms with Crippen molar-refractivity contribution in [1.82, 2.24) is 4.90 Å². The second-order valence-electron chi connectivity index (χ2n) is 4.35. The van der Waals surface area contributed by atoms with Crippen LogP contribution >= 0.6 is 11.6 Å². The van der Waals surface area contributed by atoms with Gasteiger partial charge >= 0.3 is 0 Å². The Bertz CT molecular complexity index is 310. The van der Waals surface area contributed by atoms with Crippen LogP contribution in [-0.4, -0.2) is 31.1 Å². The number of benzene rings is 1. The van der Waals surface area contributed by atoms with E-state index in [0.717, 1.165) is 11.6 Å². The van der Waals surface area contributed by atoms with E-state index in [-0.39, 0.29) is 0 Å². The molecule has 0 heterocycles. The molecule has 2 N–H and O–H groups in total. The van der Waals surface area contributed by atoms with Crippen LogP contribution < -0.4 is 5.73 Å². The molecule has 0 bridgehead atoms. The van der Waals surface area contributed by atoms with Gasteiger partial charge in [0.05, 0.1) is 0 Å². The molecule has 0 aliphatic carbocycles. The van der Waals surface area contributed by atoms with E-state index >= 15 is 0 Å². The lowest BCUT2D eigenvalue weighted by atomic mass is 9.93. The average molecular weight is 241 g/mol. The van der Waals surface area contributed by atoms with Gasteiger partial charge in [-0.25, -0.2) is 0 Å². The Kier molecular flexibility index (Phi) is 5.26. The van der Waals surface area contributed by atoms with E-state index in [1.54, 1.807) is 0 Å². The second-order valence-corrected chi connectivity index (χ2v) is 4.79. The smallest absolute Gasteiger partial charge is 0.0406 e. The Hall–Kier alpha value is -0.570. The fourth-order valence-electron chi connectivity index (χ4n) is 1.83. The van der Waals surface area contributed by atoms with Crippen molar-refractivity contribution >= 4 is 11.6 Å². The minimum Gasteiger partial charge on any atom is -0.329 e. The molecule has 3 heteroatoms. The fraction of sp³-hybridized carbons (Fsp3) is 0.538. The molecule has 0 saturated heterocycles. The summed E-state index contributed by atoms with van der Waals surface area (Å²) in [6, 6.07) is 8.57. The molecule has 16 heavy (non-hydrogen) atoms. The van der Waals surface area contributed by atoms with E-state index < -0.39 is 0 Å². The van der Waals surface area contributed by atoms with Gasteiger partial charge < -0.3 is 10.6 Å². The molecule has 1 rings (SSSR count). The standard InChI is InChI=1S/C13H21ClN2/c1-10(11(2)16(3)9-8-15)12-4-6-13(14)7-5-12/h4-7,10-11H,8-9,15H2,1-3H3. The summed E-state index contributed by atoms with van der Waals surface area (Å²) in [5.74, 6) is 0.480. The van der Waals surface area contributed by atoms with Gasteiger partial charge in [-0.15, -0.1) is 0 Å². The van der Waals surface area contributed by atoms with Crippen LogP contribution in [-0.2, 0) is 0 Å². The van der Waals surface area contributed by atoms with Gasteiger partial charge in [-0.05, 0) is 37.6 Å². The molecule has 2 unspecified atom stereocenters. The topological polar surface area (TPSA) is 29.3 Å². The van der Waals surface area contributed by atoms with Gasteiger partial charge in [-0.1, -0.05) is 30.7 Å². The number of nitrogens with two attached hydrogens (primary N) is 1. The largest absolute Gasteiger partial charge is 0.329 e. The summed E-state index contributed by atoms with van der Waals surface area (Å²) in [7, 11) is 2.12. The average Bonchev–Trinajstić information content (AvgIpc) is 2.28. The van der Waals surface area contributed by atoms with Gasteiger partial charge in [0.2, 0.25) is 0 Å². The van der Waals surface area contributed by atoms with Gasteiger partial charge in [0, 0.05) is 24.2 Å². The molecule has 0 radical (unpaired) electrons. The lowest BCUT2D eigenvalue weighted by molar-refractivity contribution is 0.238. The van der Waals surface area contributed by atoms with Crippen LogP contribution in [0.1, 0.15) is 25.3 Å². The molecule has 0 aliphatic heterocycles. The zero-order valence-corrected chi connectivity index (χ0v) is 11.0. The molecule has 2 nitrogen and oxygen atoms in total. The molecule has 2 atom stereocenters. The third-order valence-electron chi connectivity index (χ3n) is 3.30. The highest BCUT2D eigenvalue weighted by atomic mass is 35.5. The van der Waals surface area contributed by atoms with Gasteiger partial charge in [-0.2, -0.15) is 0 Å². The van der Waals surface area contributed by atoms with Crippen molar-refractivity contribution in [3.8, 4) is 0 Å². The van der Waals surface area contributed by atoms with Gasteiger partial charge in [0.1, 0.15) is 0 Å². The Balaban J connectivity index is 2.69. The van der Waals surface area contributed by atoms with Crippen LogP contribution in [0, 0.1) is 0 Å². The van der Waals surface area contributed by atoms with Crippen LogP contribution in [0.3, 0.4) is 0 Å². The zero-order valence-electron chi connectivity index (χ0n) is 10.3. The zero-order chi connectivity index (χ0) is 12.1. The molecular weight excluding hydrogens is 220 g/mol. The Morgan fingerprint density at radius 2 is 1.81 bits per heavy atom. The van der Waals surface area contributed by atoms with Crippen molar-refractivity contribution < 1.29 is 0 Å². The molecule has 0 aliphatic rings. The highest BCUT2D eigenvalue weighted by Gasteiger charge is 2.17. The van der Waals surface area contributed by atoms with Crippen molar-refractivity contribution in [2.75, 3.05) is 20.1 Å². The molecule has 1 aromatic carbocycles. The first-order chi connectivity index (χ1) is 7.56. The Morgan fingerprint density at radius 1 is 1.25 bits per heavy atom. The molecule has 0 fully saturated rings. The van der Waals surface area contributed by atoms with Crippen LogP contribution in [0.4, 0.5) is 0 Å². The molecular formula is C13H21ClN2. The highest BCUT2D eigenvalue weighted by Crippen LogP contribution is 2.23. The Morgan fingerprint density at radius 3 is 2.31 bits per heavy atom. The molecule has 0 spiro atoms. The maximum Gasteiger partial charge on any atom is 0.0406 e. The summed E-state index contributed by atoms with van der Waals surface area (Å²) >= 11 is 5.88. The van der Waals surface area contributed by atoms with Crippen molar-refractivity contribution in [1.29, 1.82) is 0 Å². The first-order valence-corrected chi connectivity index (χ1v) is 6.09. The van der Waals surface area contributed by atoms with E-state index in [2.05, 4.69) is 37.9 Å². The van der Waals surface area contributed by atoms with Gasteiger partial charge in [-0.3, -0.25) is 0 Å². The number of likely N-dealkylation sites (N-methyl/N-ethyl adjacent to an activating group) is 1. The maximum atomic E-state index is 5.88. The fourth-order valence-corrected chi connectivity index (χ4v) is 1.96. The number of rotatable bonds is 5. The molecule has 90 valence electrons. The predicted octanol–water partition coefficient (Wildman–Crippen LogP) is 2.72. The number of halogens is 1. The van der Waals surface area contributed by atoms with Gasteiger partial charge in [0.25, 0.3) is 0 Å². The summed E-state index contributed by atoms with van der Waals surface area (Å²) in [6.07, 6.45) is 0. The Labute approximate surface area is 103 Å². The van der Waals surface area contributed by atoms with Gasteiger partial charge in [0.15, 0.2) is 0 Å². The normalized spacial score (nSPS) is 15.1. The summed E-state index contributed by atoms with van der Waals surface area (Å²) in [4.78, 5) is 2.29. The number of hydrogen-bond donors (Lipinski definition) is 1. The SMILES string of the molecule is CC(c1ccc(Cl)cc1)C(C)N(C)CCN. The van der Waals surface area contributed by atoms with E-state index in [4.69, 9.17) is 17.3 Å². The molecule has 1 aromatic rings. The van der Waals surface area contributed by atoms with Crippen LogP contribution in [0.5, 0.6) is 0 Å². The van der Waals surface area contributed by atoms with Crippen molar-refractivity contribution in [3.05, 3.63) is 34.9 Å². The van der Waals surface area contributed by atoms with E-state index in [0.29, 0.717) is 18.5 Å². The van der Waals surface area contributed by atoms with Crippen molar-refractivity contribution in [2.45, 2.75) is 25.8 Å². The molecule has 0 aromatic heterocycles. The van der Waals surface area contributed by atoms with E-state index in [1.165, 1.54) is 5.56 Å². The minimum atomic E-state index is 0.477. The minimum absolute atomic E-state index is 0.477. The first kappa shape index (κ1) is 13.5. The van der Waals surface area contributed by atoms with Crippen molar-refractivity contribution in [3.63, 3.8) is 0 Å². The summed E-state index contributed by atoms with van der Waals surface area (Å²) in [5.41, 5.74) is 6.89. The quantitative estimate of drug-likeness (QED) is 0.858.